The summed E-state index contributed by atoms with van der Waals surface area (Å²) >= 11 is 8.29. The minimum atomic E-state index is -0.507. The van der Waals surface area contributed by atoms with Crippen LogP contribution in [0.15, 0.2) is 194 Å². The van der Waals surface area contributed by atoms with Crippen molar-refractivity contribution in [2.75, 3.05) is 25.0 Å². The Labute approximate surface area is 459 Å². The van der Waals surface area contributed by atoms with Crippen molar-refractivity contribution in [3.05, 3.63) is 223 Å². The molecule has 0 fully saturated rings. The monoisotopic (exact) mass is 1110 g/mol. The van der Waals surface area contributed by atoms with Gasteiger partial charge in [-0.2, -0.15) is 0 Å². The van der Waals surface area contributed by atoms with Crippen molar-refractivity contribution in [2.45, 2.75) is 65.7 Å². The molecule has 0 radical (unpaired) electrons. The number of benzene rings is 5. The second-order valence-electron chi connectivity index (χ2n) is 15.8. The zero-order chi connectivity index (χ0) is 56.4. The van der Waals surface area contributed by atoms with Crippen LogP contribution in [0.3, 0.4) is 0 Å². The van der Waals surface area contributed by atoms with Gasteiger partial charge in [0.15, 0.2) is 5.78 Å². The number of alkyl halides is 1. The molecule has 8 N–H and O–H groups in total. The van der Waals surface area contributed by atoms with E-state index in [1.807, 2.05) is 67.6 Å². The van der Waals surface area contributed by atoms with Crippen LogP contribution in [0.2, 0.25) is 0 Å². The number of rotatable bonds is 17. The Morgan fingerprint density at radius 3 is 1.40 bits per heavy atom. The number of halogens is 2. The van der Waals surface area contributed by atoms with Gasteiger partial charge in [0, 0.05) is 50.4 Å². The van der Waals surface area contributed by atoms with Crippen molar-refractivity contribution >= 4 is 62.1 Å². The van der Waals surface area contributed by atoms with Crippen LogP contribution >= 0.6 is 27.5 Å². The summed E-state index contributed by atoms with van der Waals surface area (Å²) in [4.78, 5) is 71.0. The molecule has 0 bridgehead atoms. The lowest BCUT2D eigenvalue weighted by molar-refractivity contribution is -0.382. The highest BCUT2D eigenvalue weighted by atomic mass is 79.9. The van der Waals surface area contributed by atoms with Crippen LogP contribution in [0.25, 0.3) is 11.5 Å². The SMILES string of the molecule is C=CCBr.C=CCC(NC(=O)c1ccccc1)C(C)=O.C=CCc1nc(-c2ccccc2)oc1C.CC(=O)CNC(=O)c1ccccc1.CC(O)CNC(=O)c1ccccc1.CC(O)C[NH3+].O=C(Cl)c1ccccc1.[HH].[HH].[HH]. The molecule has 1 aromatic heterocycles. The van der Waals surface area contributed by atoms with Crippen molar-refractivity contribution in [2.24, 2.45) is 0 Å². The Kier molecular flexibility index (Phi) is 37.9. The molecule has 16 heteroatoms. The van der Waals surface area contributed by atoms with Gasteiger partial charge >= 0.3 is 0 Å². The molecule has 0 aliphatic rings. The number of quaternary nitrogens is 1. The number of Topliss-reactive ketones (excluding diaryl/α,β-unsaturated/α-hetero) is 2. The van der Waals surface area contributed by atoms with Crippen molar-refractivity contribution in [1.82, 2.24) is 20.9 Å². The van der Waals surface area contributed by atoms with E-state index in [2.05, 4.69) is 62.3 Å². The third-order valence-electron chi connectivity index (χ3n) is 9.14. The smallest absolute Gasteiger partial charge is 0.252 e. The number of allylic oxidation sites excluding steroid dienone is 2. The molecule has 406 valence electrons. The molecule has 14 nitrogen and oxygen atoms in total. The predicted molar refractivity (Wildman–Crippen MR) is 310 cm³/mol. The van der Waals surface area contributed by atoms with Gasteiger partial charge in [-0.05, 0) is 101 Å². The van der Waals surface area contributed by atoms with E-state index in [9.17, 15) is 28.8 Å². The largest absolute Gasteiger partial charge is 0.441 e. The van der Waals surface area contributed by atoms with Gasteiger partial charge in [0.2, 0.25) is 5.89 Å². The lowest BCUT2D eigenvalue weighted by Gasteiger charge is -2.13. The Morgan fingerprint density at radius 2 is 1.07 bits per heavy atom. The van der Waals surface area contributed by atoms with Crippen molar-refractivity contribution < 1.29 is 53.4 Å². The van der Waals surface area contributed by atoms with Crippen LogP contribution in [-0.4, -0.2) is 92.9 Å². The van der Waals surface area contributed by atoms with Gasteiger partial charge in [-0.15, -0.1) is 19.7 Å². The van der Waals surface area contributed by atoms with E-state index in [-0.39, 0.29) is 52.8 Å². The first kappa shape index (κ1) is 67.6. The van der Waals surface area contributed by atoms with E-state index in [0.29, 0.717) is 41.1 Å². The maximum atomic E-state index is 11.7. The van der Waals surface area contributed by atoms with E-state index in [1.165, 1.54) is 13.8 Å². The average Bonchev–Trinajstić information content (AvgIpc) is 3.80. The number of hydrogen-bond donors (Lipinski definition) is 6. The minimum absolute atomic E-state index is 0. The third-order valence-corrected chi connectivity index (χ3v) is 9.82. The van der Waals surface area contributed by atoms with Crippen LogP contribution < -0.4 is 21.7 Å². The van der Waals surface area contributed by atoms with Crippen molar-refractivity contribution in [3.8, 4) is 11.5 Å². The molecular formula is C59H78BrClN5O9+. The fourth-order valence-corrected chi connectivity index (χ4v) is 5.31. The van der Waals surface area contributed by atoms with Gasteiger partial charge in [0.1, 0.15) is 18.1 Å². The molecule has 6 aromatic rings. The quantitative estimate of drug-likeness (QED) is 0.0287. The van der Waals surface area contributed by atoms with Gasteiger partial charge in [0.25, 0.3) is 23.0 Å². The molecular weight excluding hydrogens is 1040 g/mol. The highest BCUT2D eigenvalue weighted by Gasteiger charge is 2.16. The van der Waals surface area contributed by atoms with Crippen LogP contribution in [0.5, 0.6) is 0 Å². The third kappa shape index (κ3) is 33.1. The molecule has 0 saturated carbocycles. The zero-order valence-corrected chi connectivity index (χ0v) is 45.8. The molecule has 3 atom stereocenters. The van der Waals surface area contributed by atoms with Crippen molar-refractivity contribution in [1.29, 1.82) is 0 Å². The van der Waals surface area contributed by atoms with Crippen LogP contribution in [0.4, 0.5) is 0 Å². The standard InChI is InChI=1S/C13H15NO2.C13H13NO.C10H13NO2.C10H11NO2.C7H5ClO.C3H5Br.C3H9NO.3H2/c1-3-7-12(10(2)15)14-13(16)11-8-5-4-6-9-11;1-3-7-12-10(2)15-13(14-12)11-8-5-4-6-9-11;2*1-8(12)7-11-10(13)9-5-3-2-4-6-9;8-7(9)6-4-2-1-3-5-6;1-2-3-4;1-3(5)2-4;;;/h3-6,8-9,12H,1,7H2,2H3,(H,14,16);3-6,8-9H,1,7H2,2H3;2-6,8,12H,7H2,1H3,(H,11,13);2-6H,7H2,1H3,(H,11,13);1-5H;2H,1,3H2;3,5H,2,4H2,1H3;3*1H/p+1. The maximum absolute atomic E-state index is 11.7. The summed E-state index contributed by atoms with van der Waals surface area (Å²) < 4.78 is 5.59. The molecule has 0 spiro atoms. The van der Waals surface area contributed by atoms with Crippen LogP contribution in [0, 0.1) is 6.92 Å². The lowest BCUT2D eigenvalue weighted by Crippen LogP contribution is -2.54. The molecule has 3 unspecified atom stereocenters. The van der Waals surface area contributed by atoms with Gasteiger partial charge in [-0.25, -0.2) is 4.98 Å². The maximum Gasteiger partial charge on any atom is 0.252 e. The molecule has 0 aliphatic carbocycles. The molecule has 0 saturated heterocycles. The number of ketones is 2. The second-order valence-corrected chi connectivity index (χ2v) is 16.8. The number of aromatic nitrogens is 1. The average molecular weight is 1120 g/mol. The predicted octanol–water partition coefficient (Wildman–Crippen LogP) is 10.1. The molecule has 75 heavy (non-hydrogen) atoms. The number of carbonyl (C=O) groups excluding carboxylic acids is 6. The number of carbonyl (C=O) groups is 6. The summed E-state index contributed by atoms with van der Waals surface area (Å²) in [6.45, 7) is 19.8. The highest BCUT2D eigenvalue weighted by Crippen LogP contribution is 2.21. The molecule has 6 rings (SSSR count). The number of nitrogens with zero attached hydrogens (tertiary/aromatic N) is 1. The van der Waals surface area contributed by atoms with E-state index in [1.54, 1.807) is 123 Å². The normalized spacial score (nSPS) is 10.6. The fourth-order valence-electron chi connectivity index (χ4n) is 5.18. The van der Waals surface area contributed by atoms with E-state index in [4.69, 9.17) is 26.2 Å². The lowest BCUT2D eigenvalue weighted by atomic mass is 10.1. The summed E-state index contributed by atoms with van der Waals surface area (Å²) in [5.74, 6) is 0.840. The van der Waals surface area contributed by atoms with Gasteiger partial charge in [-0.1, -0.05) is 137 Å². The first-order chi connectivity index (χ1) is 35.8. The number of aryl methyl sites for hydroxylation is 1. The van der Waals surface area contributed by atoms with E-state index >= 15 is 0 Å². The van der Waals surface area contributed by atoms with Gasteiger partial charge < -0.3 is 36.3 Å². The molecule has 3 amide bonds. The van der Waals surface area contributed by atoms with E-state index < -0.39 is 17.4 Å². The minimum Gasteiger partial charge on any atom is -0.441 e. The van der Waals surface area contributed by atoms with Gasteiger partial charge in [-0.3, -0.25) is 28.8 Å². The second kappa shape index (κ2) is 42.0. The van der Waals surface area contributed by atoms with E-state index in [0.717, 1.165) is 28.8 Å². The van der Waals surface area contributed by atoms with Crippen LogP contribution in [-0.2, 0) is 16.0 Å². The Hall–Kier alpha value is -7.40. The molecule has 5 aromatic carbocycles. The number of aliphatic hydroxyl groups excluding tert-OH is 2. The summed E-state index contributed by atoms with van der Waals surface area (Å²) in [6, 6.07) is 44.7. The first-order valence-corrected chi connectivity index (χ1v) is 25.2. The summed E-state index contributed by atoms with van der Waals surface area (Å²) in [5, 5.41) is 25.5. The summed E-state index contributed by atoms with van der Waals surface area (Å²) in [5.41, 5.74) is 7.69. The molecule has 0 aliphatic heterocycles. The Bertz CT molecular complexity index is 2580. The number of aliphatic hydroxyl groups is 2. The topological polar surface area (TPSA) is 233 Å². The number of hydrogen-bond acceptors (Lipinski definition) is 10. The van der Waals surface area contributed by atoms with Crippen LogP contribution in [0.1, 0.15) is 91.3 Å². The Balaban J connectivity index is -0.000000421. The summed E-state index contributed by atoms with van der Waals surface area (Å²) in [6.07, 6.45) is 5.72. The number of oxazole rings is 1. The zero-order valence-electron chi connectivity index (χ0n) is 43.4. The van der Waals surface area contributed by atoms with Gasteiger partial charge in [0.05, 0.1) is 30.5 Å². The number of amides is 3. The summed E-state index contributed by atoms with van der Waals surface area (Å²) in [7, 11) is 0. The molecule has 1 heterocycles. The highest BCUT2D eigenvalue weighted by molar-refractivity contribution is 9.09. The fraction of sp³-hybridized carbons (Fsp3) is 0.237. The Morgan fingerprint density at radius 1 is 0.667 bits per heavy atom. The first-order valence-electron chi connectivity index (χ1n) is 23.7. The number of nitrogens with one attached hydrogen (secondary N) is 3. The van der Waals surface area contributed by atoms with Crippen molar-refractivity contribution in [3.63, 3.8) is 0 Å².